The minimum Gasteiger partial charge on any atom is -0.354 e. The SMILES string of the molecule is CN(C)c1ncc(CNC2CCC(n3nc4c(cc3=O)CCC4)CC2)s1. The maximum atomic E-state index is 12.4. The first kappa shape index (κ1) is 17.7. The van der Waals surface area contributed by atoms with E-state index in [1.54, 1.807) is 16.0 Å². The zero-order valence-electron chi connectivity index (χ0n) is 15.6. The predicted molar refractivity (Wildman–Crippen MR) is 105 cm³/mol. The van der Waals surface area contributed by atoms with Crippen molar-refractivity contribution in [1.29, 1.82) is 0 Å². The minimum absolute atomic E-state index is 0.0860. The van der Waals surface area contributed by atoms with Gasteiger partial charge in [0.2, 0.25) is 0 Å². The van der Waals surface area contributed by atoms with E-state index in [0.717, 1.165) is 62.3 Å². The van der Waals surface area contributed by atoms with Gasteiger partial charge in [-0.1, -0.05) is 0 Å². The number of aromatic nitrogens is 3. The van der Waals surface area contributed by atoms with Gasteiger partial charge in [-0.3, -0.25) is 4.79 Å². The first-order valence-electron chi connectivity index (χ1n) is 9.57. The second kappa shape index (κ2) is 7.48. The fourth-order valence-electron chi connectivity index (χ4n) is 4.03. The Morgan fingerprint density at radius 1 is 1.27 bits per heavy atom. The molecule has 2 aliphatic carbocycles. The van der Waals surface area contributed by atoms with Gasteiger partial charge in [-0.25, -0.2) is 9.67 Å². The van der Waals surface area contributed by atoms with E-state index in [0.29, 0.717) is 6.04 Å². The maximum absolute atomic E-state index is 12.4. The van der Waals surface area contributed by atoms with Crippen molar-refractivity contribution in [3.05, 3.63) is 38.8 Å². The molecule has 1 fully saturated rings. The van der Waals surface area contributed by atoms with Crippen LogP contribution in [0.4, 0.5) is 5.13 Å². The van der Waals surface area contributed by atoms with Crippen molar-refractivity contribution < 1.29 is 0 Å². The van der Waals surface area contributed by atoms with E-state index in [1.807, 2.05) is 31.3 Å². The smallest absolute Gasteiger partial charge is 0.267 e. The second-order valence-corrected chi connectivity index (χ2v) is 8.74. The topological polar surface area (TPSA) is 63.1 Å². The van der Waals surface area contributed by atoms with Crippen LogP contribution < -0.4 is 15.8 Å². The summed E-state index contributed by atoms with van der Waals surface area (Å²) in [4.78, 5) is 20.1. The third kappa shape index (κ3) is 3.69. The number of rotatable bonds is 5. The van der Waals surface area contributed by atoms with Crippen molar-refractivity contribution in [1.82, 2.24) is 20.1 Å². The van der Waals surface area contributed by atoms with E-state index in [2.05, 4.69) is 15.4 Å². The van der Waals surface area contributed by atoms with Gasteiger partial charge in [0, 0.05) is 43.8 Å². The molecule has 4 rings (SSSR count). The maximum Gasteiger partial charge on any atom is 0.267 e. The van der Waals surface area contributed by atoms with Crippen LogP contribution in [0.25, 0.3) is 0 Å². The summed E-state index contributed by atoms with van der Waals surface area (Å²) in [5, 5.41) is 9.40. The third-order valence-electron chi connectivity index (χ3n) is 5.51. The lowest BCUT2D eigenvalue weighted by atomic mass is 9.91. The van der Waals surface area contributed by atoms with E-state index in [4.69, 9.17) is 0 Å². The summed E-state index contributed by atoms with van der Waals surface area (Å²) >= 11 is 1.74. The number of aryl methyl sites for hydroxylation is 2. The molecule has 2 aromatic rings. The van der Waals surface area contributed by atoms with Crippen LogP contribution in [0.3, 0.4) is 0 Å². The molecule has 0 spiro atoms. The van der Waals surface area contributed by atoms with Gasteiger partial charge in [0.05, 0.1) is 11.7 Å². The quantitative estimate of drug-likeness (QED) is 0.873. The van der Waals surface area contributed by atoms with E-state index in [-0.39, 0.29) is 11.6 Å². The lowest BCUT2D eigenvalue weighted by molar-refractivity contribution is 0.268. The first-order valence-corrected chi connectivity index (χ1v) is 10.4. The molecule has 0 radical (unpaired) electrons. The highest BCUT2D eigenvalue weighted by Gasteiger charge is 2.25. The van der Waals surface area contributed by atoms with Crippen molar-refractivity contribution >= 4 is 16.5 Å². The molecule has 2 aromatic heterocycles. The number of nitrogens with zero attached hydrogens (tertiary/aromatic N) is 4. The molecule has 1 N–H and O–H groups in total. The Morgan fingerprint density at radius 3 is 2.81 bits per heavy atom. The molecule has 26 heavy (non-hydrogen) atoms. The number of fused-ring (bicyclic) bond motifs is 1. The van der Waals surface area contributed by atoms with E-state index in [9.17, 15) is 4.79 Å². The summed E-state index contributed by atoms with van der Waals surface area (Å²) in [5.41, 5.74) is 2.40. The molecular formula is C19H27N5OS. The molecule has 0 atom stereocenters. The molecule has 0 unspecified atom stereocenters. The number of thiazole rings is 1. The summed E-state index contributed by atoms with van der Waals surface area (Å²) < 4.78 is 1.77. The second-order valence-electron chi connectivity index (χ2n) is 7.64. The Labute approximate surface area is 158 Å². The highest BCUT2D eigenvalue weighted by Crippen LogP contribution is 2.28. The van der Waals surface area contributed by atoms with Crippen LogP contribution in [-0.2, 0) is 19.4 Å². The number of hydrogen-bond donors (Lipinski definition) is 1. The molecule has 0 saturated heterocycles. The molecule has 0 aliphatic heterocycles. The molecule has 1 saturated carbocycles. The van der Waals surface area contributed by atoms with E-state index >= 15 is 0 Å². The number of anilines is 1. The Morgan fingerprint density at radius 2 is 2.08 bits per heavy atom. The molecular weight excluding hydrogens is 346 g/mol. The van der Waals surface area contributed by atoms with Crippen molar-refractivity contribution in [3.8, 4) is 0 Å². The largest absolute Gasteiger partial charge is 0.354 e. The standard InChI is InChI=1S/C19H27N5OS/c1-23(2)19-21-12-16(26-19)11-20-14-6-8-15(9-7-14)24-18(25)10-13-4-3-5-17(13)22-24/h10,12,14-15,20H,3-9,11H2,1-2H3. The lowest BCUT2D eigenvalue weighted by Crippen LogP contribution is -2.36. The minimum atomic E-state index is 0.0860. The van der Waals surface area contributed by atoms with Crippen LogP contribution in [0, 0.1) is 0 Å². The van der Waals surface area contributed by atoms with Gasteiger partial charge in [0.25, 0.3) is 5.56 Å². The number of nitrogens with one attached hydrogen (secondary N) is 1. The van der Waals surface area contributed by atoms with Crippen molar-refractivity contribution in [3.63, 3.8) is 0 Å². The summed E-state index contributed by atoms with van der Waals surface area (Å²) in [6.07, 6.45) is 9.37. The highest BCUT2D eigenvalue weighted by atomic mass is 32.1. The van der Waals surface area contributed by atoms with Gasteiger partial charge in [-0.2, -0.15) is 5.10 Å². The van der Waals surface area contributed by atoms with Crippen LogP contribution in [0.5, 0.6) is 0 Å². The Bertz CT molecular complexity index is 820. The monoisotopic (exact) mass is 373 g/mol. The first-order chi connectivity index (χ1) is 12.6. The Hall–Kier alpha value is -1.73. The van der Waals surface area contributed by atoms with Crippen molar-refractivity contribution in [2.45, 2.75) is 63.6 Å². The molecule has 2 aliphatic rings. The predicted octanol–water partition coefficient (Wildman–Crippen LogP) is 2.53. The van der Waals surface area contributed by atoms with Gasteiger partial charge in [0.15, 0.2) is 5.13 Å². The molecule has 0 amide bonds. The van der Waals surface area contributed by atoms with Gasteiger partial charge in [-0.05, 0) is 50.5 Å². The summed E-state index contributed by atoms with van der Waals surface area (Å²) in [6, 6.07) is 2.60. The van der Waals surface area contributed by atoms with E-state index in [1.165, 1.54) is 10.4 Å². The van der Waals surface area contributed by atoms with Crippen LogP contribution in [0.1, 0.15) is 54.3 Å². The average Bonchev–Trinajstić information content (AvgIpc) is 3.28. The Kier molecular flexibility index (Phi) is 5.09. The van der Waals surface area contributed by atoms with Crippen LogP contribution >= 0.6 is 11.3 Å². The van der Waals surface area contributed by atoms with Crippen molar-refractivity contribution in [2.75, 3.05) is 19.0 Å². The van der Waals surface area contributed by atoms with Crippen LogP contribution in [-0.4, -0.2) is 34.9 Å². The van der Waals surface area contributed by atoms with Gasteiger partial charge in [0.1, 0.15) is 0 Å². The highest BCUT2D eigenvalue weighted by molar-refractivity contribution is 7.15. The van der Waals surface area contributed by atoms with Crippen molar-refractivity contribution in [2.24, 2.45) is 0 Å². The van der Waals surface area contributed by atoms with Gasteiger partial charge < -0.3 is 10.2 Å². The van der Waals surface area contributed by atoms with Crippen LogP contribution in [0.2, 0.25) is 0 Å². The average molecular weight is 374 g/mol. The Balaban J connectivity index is 1.32. The summed E-state index contributed by atoms with van der Waals surface area (Å²) in [5.74, 6) is 0. The third-order valence-corrected chi connectivity index (χ3v) is 6.68. The molecule has 140 valence electrons. The fraction of sp³-hybridized carbons (Fsp3) is 0.632. The molecule has 0 aromatic carbocycles. The zero-order chi connectivity index (χ0) is 18.1. The van der Waals surface area contributed by atoms with Gasteiger partial charge >= 0.3 is 0 Å². The molecule has 0 bridgehead atoms. The molecule has 2 heterocycles. The molecule has 6 nitrogen and oxygen atoms in total. The number of hydrogen-bond acceptors (Lipinski definition) is 6. The van der Waals surface area contributed by atoms with E-state index < -0.39 is 0 Å². The summed E-state index contributed by atoms with van der Waals surface area (Å²) in [6.45, 7) is 0.873. The normalized spacial score (nSPS) is 22.4. The molecule has 7 heteroatoms. The summed E-state index contributed by atoms with van der Waals surface area (Å²) in [7, 11) is 4.04. The van der Waals surface area contributed by atoms with Crippen LogP contribution in [0.15, 0.2) is 17.1 Å². The fourth-order valence-corrected chi connectivity index (χ4v) is 4.82. The lowest BCUT2D eigenvalue weighted by Gasteiger charge is -2.29. The van der Waals surface area contributed by atoms with Gasteiger partial charge in [-0.15, -0.1) is 11.3 Å². The zero-order valence-corrected chi connectivity index (χ0v) is 16.4.